The van der Waals surface area contributed by atoms with Crippen LogP contribution in [0.5, 0.6) is 0 Å². The molecule has 0 spiro atoms. The molecule has 25 heavy (non-hydrogen) atoms. The van der Waals surface area contributed by atoms with E-state index in [4.69, 9.17) is 11.6 Å². The third-order valence-corrected chi connectivity index (χ3v) is 4.61. The summed E-state index contributed by atoms with van der Waals surface area (Å²) in [5.41, 5.74) is 4.11. The Morgan fingerprint density at radius 1 is 1.16 bits per heavy atom. The molecule has 4 rings (SSSR count). The summed E-state index contributed by atoms with van der Waals surface area (Å²) in [7, 11) is 0. The number of hydrogen-bond acceptors (Lipinski definition) is 1. The summed E-state index contributed by atoms with van der Waals surface area (Å²) >= 11 is 5.97. The SMILES string of the molecule is O=C(Nc1cccc(Cl)c1)N1CCc2c([nH]c[n+]2-c2ccccc2)C1. The number of fused-ring (bicyclic) bond motifs is 1. The van der Waals surface area contributed by atoms with Crippen molar-refractivity contribution in [2.45, 2.75) is 13.0 Å². The number of amides is 2. The van der Waals surface area contributed by atoms with Crippen LogP contribution in [0.25, 0.3) is 5.69 Å². The number of para-hydroxylation sites is 1. The van der Waals surface area contributed by atoms with Crippen LogP contribution in [0.3, 0.4) is 0 Å². The first-order valence-electron chi connectivity index (χ1n) is 8.18. The first-order chi connectivity index (χ1) is 12.2. The quantitative estimate of drug-likeness (QED) is 0.680. The Kier molecular flexibility index (Phi) is 4.15. The van der Waals surface area contributed by atoms with E-state index in [2.05, 4.69) is 27.0 Å². The number of nitrogens with zero attached hydrogens (tertiary/aromatic N) is 2. The molecule has 5 nitrogen and oxygen atoms in total. The third-order valence-electron chi connectivity index (χ3n) is 4.37. The van der Waals surface area contributed by atoms with Gasteiger partial charge in [-0.3, -0.25) is 0 Å². The summed E-state index contributed by atoms with van der Waals surface area (Å²) in [4.78, 5) is 17.6. The van der Waals surface area contributed by atoms with Crippen molar-refractivity contribution in [3.63, 3.8) is 0 Å². The Hall–Kier alpha value is -2.79. The first kappa shape index (κ1) is 15.7. The second-order valence-electron chi connectivity index (χ2n) is 6.02. The number of benzene rings is 2. The second kappa shape index (κ2) is 6.61. The van der Waals surface area contributed by atoms with Gasteiger partial charge in [0.25, 0.3) is 0 Å². The monoisotopic (exact) mass is 353 g/mol. The predicted octanol–water partition coefficient (Wildman–Crippen LogP) is 3.54. The van der Waals surface area contributed by atoms with E-state index in [-0.39, 0.29) is 6.03 Å². The van der Waals surface area contributed by atoms with Gasteiger partial charge in [0, 0.05) is 23.7 Å². The molecule has 0 radical (unpaired) electrons. The number of carbonyl (C=O) groups is 1. The molecule has 126 valence electrons. The number of aromatic amines is 1. The lowest BCUT2D eigenvalue weighted by atomic mass is 10.1. The smallest absolute Gasteiger partial charge is 0.316 e. The van der Waals surface area contributed by atoms with E-state index in [1.165, 1.54) is 5.69 Å². The number of carbonyl (C=O) groups excluding carboxylic acids is 1. The molecule has 0 atom stereocenters. The highest BCUT2D eigenvalue weighted by Crippen LogP contribution is 2.19. The van der Waals surface area contributed by atoms with E-state index < -0.39 is 0 Å². The molecule has 3 aromatic rings. The fourth-order valence-electron chi connectivity index (χ4n) is 3.13. The van der Waals surface area contributed by atoms with Crippen LogP contribution in [0.1, 0.15) is 11.4 Å². The Bertz CT molecular complexity index is 907. The van der Waals surface area contributed by atoms with Crippen LogP contribution >= 0.6 is 11.6 Å². The number of aromatic nitrogens is 2. The average molecular weight is 354 g/mol. The van der Waals surface area contributed by atoms with E-state index in [1.54, 1.807) is 17.0 Å². The van der Waals surface area contributed by atoms with E-state index in [0.29, 0.717) is 23.8 Å². The zero-order valence-electron chi connectivity index (χ0n) is 13.6. The lowest BCUT2D eigenvalue weighted by Crippen LogP contribution is -2.43. The van der Waals surface area contributed by atoms with E-state index in [9.17, 15) is 4.79 Å². The summed E-state index contributed by atoms with van der Waals surface area (Å²) in [5.74, 6) is 0. The lowest BCUT2D eigenvalue weighted by Gasteiger charge is -2.25. The normalized spacial score (nSPS) is 13.4. The summed E-state index contributed by atoms with van der Waals surface area (Å²) in [5, 5.41) is 3.51. The van der Waals surface area contributed by atoms with E-state index >= 15 is 0 Å². The number of rotatable bonds is 2. The molecule has 0 fully saturated rings. The molecule has 0 saturated heterocycles. The minimum atomic E-state index is -0.117. The minimum Gasteiger partial charge on any atom is -0.316 e. The van der Waals surface area contributed by atoms with Crippen molar-refractivity contribution >= 4 is 23.3 Å². The molecule has 6 heteroatoms. The van der Waals surface area contributed by atoms with Gasteiger partial charge in [0.2, 0.25) is 6.33 Å². The van der Waals surface area contributed by atoms with Gasteiger partial charge >= 0.3 is 6.03 Å². The zero-order valence-corrected chi connectivity index (χ0v) is 14.3. The van der Waals surface area contributed by atoms with E-state index in [0.717, 1.165) is 17.8 Å². The molecule has 2 amide bonds. The highest BCUT2D eigenvalue weighted by molar-refractivity contribution is 6.30. The largest absolute Gasteiger partial charge is 0.322 e. The topological polar surface area (TPSA) is 52.0 Å². The molecule has 1 aromatic heterocycles. The molecule has 2 heterocycles. The molecule has 0 aliphatic carbocycles. The number of hydrogen-bond donors (Lipinski definition) is 2. The lowest BCUT2D eigenvalue weighted by molar-refractivity contribution is -0.603. The number of halogens is 1. The first-order valence-corrected chi connectivity index (χ1v) is 8.56. The average Bonchev–Trinajstić information content (AvgIpc) is 3.05. The second-order valence-corrected chi connectivity index (χ2v) is 6.45. The van der Waals surface area contributed by atoms with Gasteiger partial charge in [-0.05, 0) is 30.3 Å². The number of urea groups is 1. The third kappa shape index (κ3) is 3.23. The molecule has 2 N–H and O–H groups in total. The van der Waals surface area contributed by atoms with Gasteiger partial charge in [-0.15, -0.1) is 0 Å². The maximum Gasteiger partial charge on any atom is 0.322 e. The molecule has 0 saturated carbocycles. The molecule has 2 aromatic carbocycles. The van der Waals surface area contributed by atoms with Crippen molar-refractivity contribution in [2.75, 3.05) is 11.9 Å². The summed E-state index contributed by atoms with van der Waals surface area (Å²) in [6.07, 6.45) is 2.76. The maximum absolute atomic E-state index is 12.5. The van der Waals surface area contributed by atoms with Gasteiger partial charge in [0.1, 0.15) is 5.69 Å². The number of imidazole rings is 1. The fraction of sp³-hybridized carbons (Fsp3) is 0.158. The Balaban J connectivity index is 1.50. The van der Waals surface area contributed by atoms with Gasteiger partial charge in [0.05, 0.1) is 6.54 Å². The summed E-state index contributed by atoms with van der Waals surface area (Å²) in [6.45, 7) is 1.23. The molecular formula is C19H18ClN4O+. The Labute approximate surface area is 150 Å². The zero-order chi connectivity index (χ0) is 17.2. The maximum atomic E-state index is 12.5. The predicted molar refractivity (Wildman–Crippen MR) is 96.9 cm³/mol. The highest BCUT2D eigenvalue weighted by Gasteiger charge is 2.29. The summed E-state index contributed by atoms with van der Waals surface area (Å²) in [6, 6.07) is 17.3. The van der Waals surface area contributed by atoms with Crippen LogP contribution in [0, 0.1) is 0 Å². The van der Waals surface area contributed by atoms with Crippen molar-refractivity contribution in [3.05, 3.63) is 77.3 Å². The number of anilines is 1. The van der Waals surface area contributed by atoms with Crippen molar-refractivity contribution in [1.29, 1.82) is 0 Å². The van der Waals surface area contributed by atoms with Crippen molar-refractivity contribution in [2.24, 2.45) is 0 Å². The molecule has 0 bridgehead atoms. The highest BCUT2D eigenvalue weighted by atomic mass is 35.5. The van der Waals surface area contributed by atoms with Crippen LogP contribution < -0.4 is 9.88 Å². The van der Waals surface area contributed by atoms with Crippen molar-refractivity contribution < 1.29 is 9.36 Å². The number of nitrogens with one attached hydrogen (secondary N) is 2. The van der Waals surface area contributed by atoms with Crippen LogP contribution in [-0.2, 0) is 13.0 Å². The van der Waals surface area contributed by atoms with Gasteiger partial charge in [-0.2, -0.15) is 4.57 Å². The minimum absolute atomic E-state index is 0.117. The molecule has 1 aliphatic rings. The van der Waals surface area contributed by atoms with Crippen LogP contribution in [0.15, 0.2) is 60.9 Å². The van der Waals surface area contributed by atoms with Crippen LogP contribution in [0.4, 0.5) is 10.5 Å². The van der Waals surface area contributed by atoms with E-state index in [1.807, 2.05) is 36.7 Å². The van der Waals surface area contributed by atoms with Gasteiger partial charge in [-0.1, -0.05) is 35.9 Å². The Morgan fingerprint density at radius 2 is 2.00 bits per heavy atom. The van der Waals surface area contributed by atoms with Crippen molar-refractivity contribution in [3.8, 4) is 5.69 Å². The van der Waals surface area contributed by atoms with Crippen LogP contribution in [-0.4, -0.2) is 22.5 Å². The van der Waals surface area contributed by atoms with Gasteiger partial charge in [-0.25, -0.2) is 9.78 Å². The Morgan fingerprint density at radius 3 is 2.80 bits per heavy atom. The summed E-state index contributed by atoms with van der Waals surface area (Å²) < 4.78 is 2.15. The molecule has 0 unspecified atom stereocenters. The van der Waals surface area contributed by atoms with Gasteiger partial charge < -0.3 is 10.2 Å². The molecule has 1 aliphatic heterocycles. The molecular weight excluding hydrogens is 336 g/mol. The fourth-order valence-corrected chi connectivity index (χ4v) is 3.32. The van der Waals surface area contributed by atoms with Gasteiger partial charge in [0.15, 0.2) is 11.4 Å². The van der Waals surface area contributed by atoms with Crippen molar-refractivity contribution in [1.82, 2.24) is 9.88 Å². The number of H-pyrrole nitrogens is 1. The standard InChI is InChI=1S/C19H17ClN4O/c20-14-5-4-6-15(11-14)22-19(25)23-10-9-18-17(12-23)21-13-24(18)16-7-2-1-3-8-16/h1-8,11,13H,9-10,12H2,(H,22,25)/p+1. The van der Waals surface area contributed by atoms with Crippen LogP contribution in [0.2, 0.25) is 5.02 Å².